The van der Waals surface area contributed by atoms with E-state index in [1.165, 1.54) is 128 Å². The highest BCUT2D eigenvalue weighted by Gasteiger charge is 2.11. The van der Waals surface area contributed by atoms with Gasteiger partial charge in [0.1, 0.15) is 0 Å². The van der Waals surface area contributed by atoms with Crippen LogP contribution in [0.1, 0.15) is 142 Å². The van der Waals surface area contributed by atoms with Gasteiger partial charge in [0.25, 0.3) is 0 Å². The molecule has 0 unspecified atom stereocenters. The van der Waals surface area contributed by atoms with Gasteiger partial charge in [-0.3, -0.25) is 0 Å². The van der Waals surface area contributed by atoms with E-state index in [1.54, 1.807) is 0 Å². The van der Waals surface area contributed by atoms with Crippen LogP contribution in [0.25, 0.3) is 0 Å². The summed E-state index contributed by atoms with van der Waals surface area (Å²) < 4.78 is 11.9. The van der Waals surface area contributed by atoms with Gasteiger partial charge < -0.3 is 14.4 Å². The highest BCUT2D eigenvalue weighted by Crippen LogP contribution is 2.13. The maximum atomic E-state index is 5.96. The van der Waals surface area contributed by atoms with Gasteiger partial charge in [0.2, 0.25) is 0 Å². The average Bonchev–Trinajstić information content (AvgIpc) is 2.78. The van der Waals surface area contributed by atoms with Gasteiger partial charge in [-0.1, -0.05) is 129 Å². The van der Waals surface area contributed by atoms with Crippen LogP contribution in [-0.4, -0.2) is 51.5 Å². The lowest BCUT2D eigenvalue weighted by Gasteiger charge is -2.24. The third kappa shape index (κ3) is 24.5. The van der Waals surface area contributed by atoms with Crippen molar-refractivity contribution in [1.82, 2.24) is 4.90 Å². The monoisotopic (exact) mass is 455 g/mol. The van der Waals surface area contributed by atoms with Crippen molar-refractivity contribution in [2.75, 3.05) is 40.5 Å². The number of unbranched alkanes of at least 4 members (excludes halogenated alkanes) is 18. The first-order valence-electron chi connectivity index (χ1n) is 14.5. The second-order valence-corrected chi connectivity index (χ2v) is 10.1. The lowest BCUT2D eigenvalue weighted by Crippen LogP contribution is -2.37. The molecule has 0 rings (SSSR count). The van der Waals surface area contributed by atoms with Gasteiger partial charge in [-0.25, -0.2) is 0 Å². The normalized spacial score (nSPS) is 12.7. The zero-order valence-electron chi connectivity index (χ0n) is 22.8. The molecule has 194 valence electrons. The molecule has 1 atom stereocenters. The summed E-state index contributed by atoms with van der Waals surface area (Å²) in [6, 6.07) is 0.377. The molecule has 0 aromatic rings. The SMILES string of the molecule is CCCCCCCCCCCCCCCCOC[C@H](COCCCCCCCC)N(C)C. The summed E-state index contributed by atoms with van der Waals surface area (Å²) in [7, 11) is 4.27. The summed E-state index contributed by atoms with van der Waals surface area (Å²) >= 11 is 0. The summed E-state index contributed by atoms with van der Waals surface area (Å²) in [4.78, 5) is 2.24. The lowest BCUT2D eigenvalue weighted by molar-refractivity contribution is 0.0197. The smallest absolute Gasteiger partial charge is 0.0644 e. The summed E-state index contributed by atoms with van der Waals surface area (Å²) in [5, 5.41) is 0. The van der Waals surface area contributed by atoms with E-state index in [0.29, 0.717) is 6.04 Å². The molecule has 3 heteroatoms. The Morgan fingerprint density at radius 2 is 0.719 bits per heavy atom. The van der Waals surface area contributed by atoms with Gasteiger partial charge in [0.05, 0.1) is 19.3 Å². The Hall–Kier alpha value is -0.120. The molecule has 0 aromatic carbocycles. The Morgan fingerprint density at radius 3 is 1.00 bits per heavy atom. The Kier molecular flexibility index (Phi) is 27.0. The molecule has 0 radical (unpaired) electrons. The lowest BCUT2D eigenvalue weighted by atomic mass is 10.0. The minimum Gasteiger partial charge on any atom is -0.380 e. The summed E-state index contributed by atoms with van der Waals surface area (Å²) in [5.41, 5.74) is 0. The summed E-state index contributed by atoms with van der Waals surface area (Å²) in [5.74, 6) is 0. The Balaban J connectivity index is 3.36. The van der Waals surface area contributed by atoms with Crippen LogP contribution in [-0.2, 0) is 9.47 Å². The number of hydrogen-bond donors (Lipinski definition) is 0. The van der Waals surface area contributed by atoms with Crippen LogP contribution in [0.2, 0.25) is 0 Å². The van der Waals surface area contributed by atoms with Crippen LogP contribution in [0.15, 0.2) is 0 Å². The molecule has 0 saturated heterocycles. The van der Waals surface area contributed by atoms with Crippen molar-refractivity contribution in [2.45, 2.75) is 148 Å². The van der Waals surface area contributed by atoms with Gasteiger partial charge in [-0.2, -0.15) is 0 Å². The Bertz CT molecular complexity index is 335. The molecule has 0 spiro atoms. The van der Waals surface area contributed by atoms with Crippen LogP contribution in [0.5, 0.6) is 0 Å². The quantitative estimate of drug-likeness (QED) is 0.115. The highest BCUT2D eigenvalue weighted by atomic mass is 16.5. The molecule has 0 saturated carbocycles. The topological polar surface area (TPSA) is 21.7 Å². The van der Waals surface area contributed by atoms with Gasteiger partial charge in [-0.05, 0) is 26.9 Å². The van der Waals surface area contributed by atoms with E-state index in [-0.39, 0.29) is 0 Å². The maximum absolute atomic E-state index is 5.96. The van der Waals surface area contributed by atoms with Crippen molar-refractivity contribution in [1.29, 1.82) is 0 Å². The molecular formula is C29H61NO2. The average molecular weight is 456 g/mol. The zero-order valence-corrected chi connectivity index (χ0v) is 22.8. The minimum atomic E-state index is 0.377. The van der Waals surface area contributed by atoms with E-state index < -0.39 is 0 Å². The fourth-order valence-corrected chi connectivity index (χ4v) is 4.17. The van der Waals surface area contributed by atoms with Crippen LogP contribution < -0.4 is 0 Å². The van der Waals surface area contributed by atoms with Crippen molar-refractivity contribution in [3.8, 4) is 0 Å². The van der Waals surface area contributed by atoms with E-state index in [4.69, 9.17) is 9.47 Å². The van der Waals surface area contributed by atoms with E-state index in [1.807, 2.05) is 0 Å². The molecule has 0 aliphatic heterocycles. The van der Waals surface area contributed by atoms with E-state index >= 15 is 0 Å². The van der Waals surface area contributed by atoms with Crippen LogP contribution in [0.3, 0.4) is 0 Å². The molecule has 32 heavy (non-hydrogen) atoms. The van der Waals surface area contributed by atoms with Gasteiger partial charge in [0.15, 0.2) is 0 Å². The molecule has 0 fully saturated rings. The van der Waals surface area contributed by atoms with E-state index in [0.717, 1.165) is 26.4 Å². The van der Waals surface area contributed by atoms with E-state index in [2.05, 4.69) is 32.8 Å². The Morgan fingerprint density at radius 1 is 0.438 bits per heavy atom. The van der Waals surface area contributed by atoms with Crippen LogP contribution in [0.4, 0.5) is 0 Å². The van der Waals surface area contributed by atoms with Gasteiger partial charge >= 0.3 is 0 Å². The van der Waals surface area contributed by atoms with Crippen molar-refractivity contribution >= 4 is 0 Å². The van der Waals surface area contributed by atoms with Gasteiger partial charge in [0, 0.05) is 13.2 Å². The molecular weight excluding hydrogens is 394 g/mol. The third-order valence-corrected chi connectivity index (χ3v) is 6.64. The van der Waals surface area contributed by atoms with Crippen LogP contribution >= 0.6 is 0 Å². The van der Waals surface area contributed by atoms with Crippen LogP contribution in [0, 0.1) is 0 Å². The van der Waals surface area contributed by atoms with Crippen molar-refractivity contribution < 1.29 is 9.47 Å². The predicted octanol–water partition coefficient (Wildman–Crippen LogP) is 8.79. The second-order valence-electron chi connectivity index (χ2n) is 10.1. The first-order chi connectivity index (χ1) is 15.7. The number of nitrogens with zero attached hydrogens (tertiary/aromatic N) is 1. The van der Waals surface area contributed by atoms with Crippen molar-refractivity contribution in [2.24, 2.45) is 0 Å². The number of ether oxygens (including phenoxy) is 2. The molecule has 0 aliphatic rings. The minimum absolute atomic E-state index is 0.377. The molecule has 0 amide bonds. The number of hydrogen-bond acceptors (Lipinski definition) is 3. The highest BCUT2D eigenvalue weighted by molar-refractivity contribution is 4.64. The van der Waals surface area contributed by atoms with E-state index in [9.17, 15) is 0 Å². The summed E-state index contributed by atoms with van der Waals surface area (Å²) in [6.07, 6.45) is 27.6. The largest absolute Gasteiger partial charge is 0.380 e. The first kappa shape index (κ1) is 31.9. The van der Waals surface area contributed by atoms with Crippen molar-refractivity contribution in [3.63, 3.8) is 0 Å². The second kappa shape index (κ2) is 27.1. The van der Waals surface area contributed by atoms with Gasteiger partial charge in [-0.15, -0.1) is 0 Å². The molecule has 0 N–H and O–H groups in total. The maximum Gasteiger partial charge on any atom is 0.0644 e. The zero-order chi connectivity index (χ0) is 23.5. The number of likely N-dealkylation sites (N-methyl/N-ethyl adjacent to an activating group) is 1. The fourth-order valence-electron chi connectivity index (χ4n) is 4.17. The summed E-state index contributed by atoms with van der Waals surface area (Å²) in [6.45, 7) is 7.95. The third-order valence-electron chi connectivity index (χ3n) is 6.64. The Labute approximate surface area is 203 Å². The molecule has 3 nitrogen and oxygen atoms in total. The molecule has 0 heterocycles. The standard InChI is InChI=1S/C29H61NO2/c1-5-7-9-11-13-14-15-16-17-18-19-20-22-24-26-32-28-29(30(3)4)27-31-25-23-21-12-10-8-6-2/h29H,5-28H2,1-4H3/t29-/m0/s1. The molecule has 0 aromatic heterocycles. The number of rotatable bonds is 27. The molecule has 0 bridgehead atoms. The van der Waals surface area contributed by atoms with Crippen molar-refractivity contribution in [3.05, 3.63) is 0 Å². The first-order valence-corrected chi connectivity index (χ1v) is 14.5. The molecule has 0 aliphatic carbocycles. The predicted molar refractivity (Wildman–Crippen MR) is 143 cm³/mol. The fraction of sp³-hybridized carbons (Fsp3) is 1.00.